The SMILES string of the molecule is c1ccc(N2CCN(c3cc(Nc4ccc5c(c4)OCO5)ncn3)CC2)nc1. The van der Waals surface area contributed by atoms with E-state index >= 15 is 0 Å². The zero-order chi connectivity index (χ0) is 18.8. The van der Waals surface area contributed by atoms with Crippen molar-refractivity contribution >= 4 is 23.1 Å². The second kappa shape index (κ2) is 7.22. The van der Waals surface area contributed by atoms with Gasteiger partial charge in [0.15, 0.2) is 11.5 Å². The maximum Gasteiger partial charge on any atom is 0.231 e. The first kappa shape index (κ1) is 16.6. The molecular formula is C20H20N6O2. The first-order chi connectivity index (χ1) is 13.8. The fraction of sp³-hybridized carbons (Fsp3) is 0.250. The second-order valence-corrected chi connectivity index (χ2v) is 6.62. The highest BCUT2D eigenvalue weighted by Crippen LogP contribution is 2.35. The molecule has 0 saturated carbocycles. The van der Waals surface area contributed by atoms with Crippen LogP contribution in [0.4, 0.5) is 23.1 Å². The van der Waals surface area contributed by atoms with Gasteiger partial charge in [-0.15, -0.1) is 0 Å². The van der Waals surface area contributed by atoms with Gasteiger partial charge in [0.1, 0.15) is 23.8 Å². The molecule has 0 radical (unpaired) electrons. The molecule has 8 heteroatoms. The molecule has 3 aromatic rings. The van der Waals surface area contributed by atoms with E-state index in [0.717, 1.165) is 60.8 Å². The van der Waals surface area contributed by atoms with Crippen LogP contribution in [0.1, 0.15) is 0 Å². The average Bonchev–Trinajstić information content (AvgIpc) is 3.23. The molecule has 1 aromatic carbocycles. The molecule has 2 aromatic heterocycles. The van der Waals surface area contributed by atoms with Gasteiger partial charge in [-0.2, -0.15) is 0 Å². The molecule has 1 fully saturated rings. The summed E-state index contributed by atoms with van der Waals surface area (Å²) in [6.07, 6.45) is 3.43. The molecule has 0 bridgehead atoms. The Kier molecular flexibility index (Phi) is 4.29. The van der Waals surface area contributed by atoms with Crippen LogP contribution in [0.5, 0.6) is 11.5 Å². The molecule has 8 nitrogen and oxygen atoms in total. The maximum atomic E-state index is 5.43. The lowest BCUT2D eigenvalue weighted by molar-refractivity contribution is 0.174. The van der Waals surface area contributed by atoms with E-state index in [2.05, 4.69) is 30.1 Å². The molecular weight excluding hydrogens is 356 g/mol. The van der Waals surface area contributed by atoms with Gasteiger partial charge < -0.3 is 24.6 Å². The molecule has 2 aliphatic rings. The van der Waals surface area contributed by atoms with Crippen molar-refractivity contribution in [2.45, 2.75) is 0 Å². The van der Waals surface area contributed by atoms with Gasteiger partial charge >= 0.3 is 0 Å². The highest BCUT2D eigenvalue weighted by atomic mass is 16.7. The third-order valence-corrected chi connectivity index (χ3v) is 4.87. The normalized spacial score (nSPS) is 15.6. The Hall–Kier alpha value is -3.55. The molecule has 5 rings (SSSR count). The summed E-state index contributed by atoms with van der Waals surface area (Å²) < 4.78 is 10.8. The predicted octanol–water partition coefficient (Wildman–Crippen LogP) is 2.67. The first-order valence-electron chi connectivity index (χ1n) is 9.25. The van der Waals surface area contributed by atoms with E-state index < -0.39 is 0 Å². The zero-order valence-electron chi connectivity index (χ0n) is 15.3. The lowest BCUT2D eigenvalue weighted by Gasteiger charge is -2.36. The number of ether oxygens (including phenoxy) is 2. The van der Waals surface area contributed by atoms with Gasteiger partial charge in [0.25, 0.3) is 0 Å². The molecule has 0 atom stereocenters. The molecule has 28 heavy (non-hydrogen) atoms. The van der Waals surface area contributed by atoms with Crippen molar-refractivity contribution < 1.29 is 9.47 Å². The Morgan fingerprint density at radius 2 is 1.61 bits per heavy atom. The molecule has 4 heterocycles. The molecule has 0 spiro atoms. The number of hydrogen-bond donors (Lipinski definition) is 1. The zero-order valence-corrected chi connectivity index (χ0v) is 15.3. The van der Waals surface area contributed by atoms with Gasteiger partial charge in [0.05, 0.1) is 0 Å². The standard InChI is InChI=1S/C20H20N6O2/c1-2-6-21-19(3-1)25-7-9-26(10-8-25)20-12-18(22-13-23-20)24-15-4-5-16-17(11-15)28-14-27-16/h1-6,11-13H,7-10,14H2,(H,22,23,24). The Morgan fingerprint density at radius 3 is 2.43 bits per heavy atom. The molecule has 0 amide bonds. The average molecular weight is 376 g/mol. The quantitative estimate of drug-likeness (QED) is 0.745. The molecule has 2 aliphatic heterocycles. The van der Waals surface area contributed by atoms with E-state index in [-0.39, 0.29) is 6.79 Å². The van der Waals surface area contributed by atoms with Crippen LogP contribution in [0.25, 0.3) is 0 Å². The van der Waals surface area contributed by atoms with Crippen molar-refractivity contribution in [1.82, 2.24) is 15.0 Å². The Bertz CT molecular complexity index is 960. The number of nitrogens with one attached hydrogen (secondary N) is 1. The summed E-state index contributed by atoms with van der Waals surface area (Å²) in [5.74, 6) is 4.19. The summed E-state index contributed by atoms with van der Waals surface area (Å²) in [4.78, 5) is 17.8. The minimum Gasteiger partial charge on any atom is -0.454 e. The van der Waals surface area contributed by atoms with E-state index in [4.69, 9.17) is 9.47 Å². The first-order valence-corrected chi connectivity index (χ1v) is 9.25. The van der Waals surface area contributed by atoms with Crippen molar-refractivity contribution in [3.8, 4) is 11.5 Å². The van der Waals surface area contributed by atoms with Crippen LogP contribution in [0.15, 0.2) is 55.0 Å². The van der Waals surface area contributed by atoms with Crippen molar-refractivity contribution in [3.05, 3.63) is 55.0 Å². The lowest BCUT2D eigenvalue weighted by atomic mass is 10.2. The van der Waals surface area contributed by atoms with Crippen molar-refractivity contribution in [2.75, 3.05) is 48.1 Å². The van der Waals surface area contributed by atoms with Crippen LogP contribution in [-0.2, 0) is 0 Å². The number of nitrogens with zero attached hydrogens (tertiary/aromatic N) is 5. The van der Waals surface area contributed by atoms with Gasteiger partial charge in [-0.05, 0) is 24.3 Å². The smallest absolute Gasteiger partial charge is 0.231 e. The Morgan fingerprint density at radius 1 is 0.786 bits per heavy atom. The fourth-order valence-electron chi connectivity index (χ4n) is 3.42. The number of hydrogen-bond acceptors (Lipinski definition) is 8. The van der Waals surface area contributed by atoms with Gasteiger partial charge in [-0.3, -0.25) is 0 Å². The highest BCUT2D eigenvalue weighted by Gasteiger charge is 2.19. The summed E-state index contributed by atoms with van der Waals surface area (Å²) in [5, 5.41) is 3.31. The minimum atomic E-state index is 0.265. The molecule has 0 unspecified atom stereocenters. The minimum absolute atomic E-state index is 0.265. The van der Waals surface area contributed by atoms with Gasteiger partial charge in [0, 0.05) is 50.2 Å². The maximum absolute atomic E-state index is 5.43. The largest absolute Gasteiger partial charge is 0.454 e. The van der Waals surface area contributed by atoms with Crippen molar-refractivity contribution in [3.63, 3.8) is 0 Å². The number of rotatable bonds is 4. The number of benzene rings is 1. The van der Waals surface area contributed by atoms with Crippen LogP contribution in [0, 0.1) is 0 Å². The summed E-state index contributed by atoms with van der Waals surface area (Å²) in [6.45, 7) is 3.85. The van der Waals surface area contributed by atoms with Crippen LogP contribution in [-0.4, -0.2) is 47.9 Å². The van der Waals surface area contributed by atoms with Crippen molar-refractivity contribution in [2.24, 2.45) is 0 Å². The third-order valence-electron chi connectivity index (χ3n) is 4.87. The number of anilines is 4. The lowest BCUT2D eigenvalue weighted by Crippen LogP contribution is -2.47. The van der Waals surface area contributed by atoms with Crippen LogP contribution in [0.2, 0.25) is 0 Å². The highest BCUT2D eigenvalue weighted by molar-refractivity contribution is 5.63. The third kappa shape index (κ3) is 3.36. The number of aromatic nitrogens is 3. The summed E-state index contributed by atoms with van der Waals surface area (Å²) in [7, 11) is 0. The summed E-state index contributed by atoms with van der Waals surface area (Å²) in [6, 6.07) is 13.7. The van der Waals surface area contributed by atoms with Crippen LogP contribution in [0.3, 0.4) is 0 Å². The Balaban J connectivity index is 1.26. The van der Waals surface area contributed by atoms with E-state index in [1.165, 1.54) is 0 Å². The van der Waals surface area contributed by atoms with E-state index in [1.807, 2.05) is 48.7 Å². The van der Waals surface area contributed by atoms with Crippen LogP contribution >= 0.6 is 0 Å². The summed E-state index contributed by atoms with van der Waals surface area (Å²) >= 11 is 0. The number of fused-ring (bicyclic) bond motifs is 1. The van der Waals surface area contributed by atoms with Gasteiger partial charge in [-0.25, -0.2) is 15.0 Å². The topological polar surface area (TPSA) is 75.6 Å². The summed E-state index contributed by atoms with van der Waals surface area (Å²) in [5.41, 5.74) is 0.897. The monoisotopic (exact) mass is 376 g/mol. The van der Waals surface area contributed by atoms with E-state index in [1.54, 1.807) is 6.33 Å². The van der Waals surface area contributed by atoms with Crippen molar-refractivity contribution in [1.29, 1.82) is 0 Å². The molecule has 142 valence electrons. The molecule has 1 N–H and O–H groups in total. The van der Waals surface area contributed by atoms with Crippen LogP contribution < -0.4 is 24.6 Å². The van der Waals surface area contributed by atoms with E-state index in [9.17, 15) is 0 Å². The van der Waals surface area contributed by atoms with Gasteiger partial charge in [0.2, 0.25) is 6.79 Å². The number of pyridine rings is 1. The molecule has 1 saturated heterocycles. The van der Waals surface area contributed by atoms with E-state index in [0.29, 0.717) is 0 Å². The predicted molar refractivity (Wildman–Crippen MR) is 107 cm³/mol. The van der Waals surface area contributed by atoms with Gasteiger partial charge in [-0.1, -0.05) is 6.07 Å². The second-order valence-electron chi connectivity index (χ2n) is 6.62. The Labute approximate surface area is 162 Å². The molecule has 0 aliphatic carbocycles. The fourth-order valence-corrected chi connectivity index (χ4v) is 3.42. The number of piperazine rings is 1.